The Bertz CT molecular complexity index is 1040. The van der Waals surface area contributed by atoms with Crippen molar-refractivity contribution in [3.05, 3.63) is 35.7 Å². The van der Waals surface area contributed by atoms with E-state index >= 15 is 0 Å². The molecule has 2 aromatic heterocycles. The van der Waals surface area contributed by atoms with E-state index in [9.17, 15) is 5.11 Å². The molecule has 1 aromatic carbocycles. The summed E-state index contributed by atoms with van der Waals surface area (Å²) in [6, 6.07) is 5.57. The summed E-state index contributed by atoms with van der Waals surface area (Å²) >= 11 is 0. The lowest BCUT2D eigenvalue weighted by atomic mass is 9.97. The lowest BCUT2D eigenvalue weighted by Crippen LogP contribution is -2.22. The van der Waals surface area contributed by atoms with Crippen LogP contribution in [0.2, 0.25) is 0 Å². The van der Waals surface area contributed by atoms with Gasteiger partial charge in [-0.05, 0) is 38.0 Å². The molecule has 0 radical (unpaired) electrons. The molecule has 28 heavy (non-hydrogen) atoms. The van der Waals surface area contributed by atoms with Crippen LogP contribution in [0.1, 0.15) is 17.5 Å². The van der Waals surface area contributed by atoms with Gasteiger partial charge in [0.1, 0.15) is 29.2 Å². The van der Waals surface area contributed by atoms with Crippen LogP contribution in [0.15, 0.2) is 24.5 Å². The van der Waals surface area contributed by atoms with E-state index in [1.54, 1.807) is 13.2 Å². The number of aryl methyl sites for hydroxylation is 1. The number of nitrogen functional groups attached to an aromatic ring is 1. The minimum Gasteiger partial charge on any atom is -0.508 e. The minimum atomic E-state index is 0.240. The summed E-state index contributed by atoms with van der Waals surface area (Å²) in [5.41, 5.74) is 10.3. The third-order valence-corrected chi connectivity index (χ3v) is 5.53. The maximum atomic E-state index is 10.3. The zero-order valence-corrected chi connectivity index (χ0v) is 16.4. The molecule has 0 unspecified atom stereocenters. The van der Waals surface area contributed by atoms with Crippen molar-refractivity contribution in [2.24, 2.45) is 5.92 Å². The lowest BCUT2D eigenvalue weighted by molar-refractivity contribution is 0.161. The van der Waals surface area contributed by atoms with Gasteiger partial charge in [0, 0.05) is 42.6 Å². The molecule has 0 amide bonds. The number of fused-ring (bicyclic) bond motifs is 1. The number of ether oxygens (including phenoxy) is 1. The summed E-state index contributed by atoms with van der Waals surface area (Å²) in [6.45, 7) is 6.45. The van der Waals surface area contributed by atoms with E-state index in [0.717, 1.165) is 59.7 Å². The molecule has 146 valence electrons. The van der Waals surface area contributed by atoms with E-state index in [1.807, 2.05) is 26.0 Å². The molecule has 3 heterocycles. The summed E-state index contributed by atoms with van der Waals surface area (Å²) in [6.07, 6.45) is 2.52. The average Bonchev–Trinajstić information content (AvgIpc) is 3.14. The maximum Gasteiger partial charge on any atom is 0.134 e. The van der Waals surface area contributed by atoms with E-state index in [2.05, 4.69) is 14.9 Å². The predicted molar refractivity (Wildman–Crippen MR) is 111 cm³/mol. The first kappa shape index (κ1) is 18.4. The number of anilines is 2. The summed E-state index contributed by atoms with van der Waals surface area (Å²) in [5, 5.41) is 11.1. The number of hydrogen-bond acceptors (Lipinski definition) is 7. The number of pyridine rings is 1. The fraction of sp³-hybridized carbons (Fsp3) is 0.381. The molecule has 7 heteroatoms. The number of rotatable bonds is 4. The molecule has 0 aliphatic carbocycles. The first-order valence-corrected chi connectivity index (χ1v) is 9.44. The summed E-state index contributed by atoms with van der Waals surface area (Å²) in [7, 11) is 1.74. The molecular weight excluding hydrogens is 354 g/mol. The normalized spacial score (nSPS) is 16.8. The number of aromatic nitrogens is 3. The van der Waals surface area contributed by atoms with Crippen LogP contribution < -0.4 is 10.6 Å². The summed E-state index contributed by atoms with van der Waals surface area (Å²) < 4.78 is 5.32. The zero-order valence-electron chi connectivity index (χ0n) is 16.4. The van der Waals surface area contributed by atoms with Crippen LogP contribution in [-0.4, -0.2) is 46.9 Å². The highest BCUT2D eigenvalue weighted by Crippen LogP contribution is 2.38. The Labute approximate surface area is 164 Å². The van der Waals surface area contributed by atoms with Crippen LogP contribution in [0, 0.1) is 19.8 Å². The smallest absolute Gasteiger partial charge is 0.134 e. The monoisotopic (exact) mass is 379 g/mol. The number of phenols is 1. The van der Waals surface area contributed by atoms with Gasteiger partial charge in [-0.1, -0.05) is 6.07 Å². The van der Waals surface area contributed by atoms with Crippen molar-refractivity contribution >= 4 is 22.5 Å². The average molecular weight is 379 g/mol. The largest absolute Gasteiger partial charge is 0.508 e. The van der Waals surface area contributed by atoms with Gasteiger partial charge in [0.2, 0.25) is 0 Å². The second-order valence-corrected chi connectivity index (χ2v) is 7.44. The van der Waals surface area contributed by atoms with Gasteiger partial charge in [-0.25, -0.2) is 15.0 Å². The van der Waals surface area contributed by atoms with Gasteiger partial charge in [0.25, 0.3) is 0 Å². The van der Waals surface area contributed by atoms with Gasteiger partial charge in [-0.3, -0.25) is 0 Å². The molecule has 3 N–H and O–H groups in total. The van der Waals surface area contributed by atoms with Gasteiger partial charge < -0.3 is 20.5 Å². The highest BCUT2D eigenvalue weighted by molar-refractivity contribution is 5.99. The Hall–Kier alpha value is -2.93. The number of phenolic OH excluding ortho intramolecular Hbond substituents is 1. The van der Waals surface area contributed by atoms with E-state index in [-0.39, 0.29) is 5.75 Å². The SMILES string of the molecule is COC[C@H]1CCN(c2cc3c(N)ncnc3c(-c3c(C)ccc(O)c3C)n2)C1. The molecule has 3 aromatic rings. The topological polar surface area (TPSA) is 97.4 Å². The summed E-state index contributed by atoms with van der Waals surface area (Å²) in [5.74, 6) is 2.01. The molecule has 1 aliphatic rings. The fourth-order valence-corrected chi connectivity index (χ4v) is 4.02. The number of benzene rings is 1. The van der Waals surface area contributed by atoms with Crippen molar-refractivity contribution in [3.8, 4) is 17.0 Å². The quantitative estimate of drug-likeness (QED) is 0.719. The zero-order chi connectivity index (χ0) is 19.8. The highest BCUT2D eigenvalue weighted by Gasteiger charge is 2.25. The van der Waals surface area contributed by atoms with E-state index < -0.39 is 0 Å². The van der Waals surface area contributed by atoms with Gasteiger partial charge in [0.15, 0.2) is 0 Å². The maximum absolute atomic E-state index is 10.3. The van der Waals surface area contributed by atoms with Crippen molar-refractivity contribution < 1.29 is 9.84 Å². The van der Waals surface area contributed by atoms with Gasteiger partial charge >= 0.3 is 0 Å². The van der Waals surface area contributed by atoms with Crippen LogP contribution in [0.4, 0.5) is 11.6 Å². The third kappa shape index (κ3) is 3.11. The van der Waals surface area contributed by atoms with E-state index in [4.69, 9.17) is 15.5 Å². The number of methoxy groups -OCH3 is 1. The third-order valence-electron chi connectivity index (χ3n) is 5.53. The van der Waals surface area contributed by atoms with E-state index in [0.29, 0.717) is 17.3 Å². The fourth-order valence-electron chi connectivity index (χ4n) is 4.02. The minimum absolute atomic E-state index is 0.240. The first-order chi connectivity index (χ1) is 13.5. The van der Waals surface area contributed by atoms with E-state index in [1.165, 1.54) is 6.33 Å². The Morgan fingerprint density at radius 1 is 1.29 bits per heavy atom. The van der Waals surface area contributed by atoms with Crippen LogP contribution in [0.5, 0.6) is 5.75 Å². The Balaban J connectivity index is 1.92. The standard InChI is InChI=1S/C21H25N5O2/c1-12-4-5-16(27)13(2)18(12)20-19-15(21(22)24-11-23-19)8-17(25-20)26-7-6-14(9-26)10-28-3/h4-5,8,11,14,27H,6-7,9-10H2,1-3H3,(H2,22,23,24)/t14-/m0/s1. The van der Waals surface area contributed by atoms with Crippen LogP contribution >= 0.6 is 0 Å². The van der Waals surface area contributed by atoms with Gasteiger partial charge in [-0.15, -0.1) is 0 Å². The van der Waals surface area contributed by atoms with Crippen LogP contribution in [-0.2, 0) is 4.74 Å². The molecule has 0 spiro atoms. The molecule has 1 fully saturated rings. The number of nitrogens with two attached hydrogens (primary N) is 1. The molecule has 1 saturated heterocycles. The van der Waals surface area contributed by atoms with Crippen molar-refractivity contribution in [1.29, 1.82) is 0 Å². The highest BCUT2D eigenvalue weighted by atomic mass is 16.5. The van der Waals surface area contributed by atoms with Crippen molar-refractivity contribution in [2.75, 3.05) is 37.4 Å². The Morgan fingerprint density at radius 2 is 2.11 bits per heavy atom. The molecular formula is C21H25N5O2. The van der Waals surface area contributed by atoms with Crippen LogP contribution in [0.3, 0.4) is 0 Å². The molecule has 0 bridgehead atoms. The Kier molecular flexibility index (Phi) is 4.77. The van der Waals surface area contributed by atoms with Gasteiger partial charge in [0.05, 0.1) is 12.3 Å². The number of hydrogen-bond donors (Lipinski definition) is 2. The van der Waals surface area contributed by atoms with Gasteiger partial charge in [-0.2, -0.15) is 0 Å². The molecule has 4 rings (SSSR count). The number of aromatic hydroxyl groups is 1. The molecule has 1 atom stereocenters. The molecule has 1 aliphatic heterocycles. The second-order valence-electron chi connectivity index (χ2n) is 7.44. The first-order valence-electron chi connectivity index (χ1n) is 9.44. The lowest BCUT2D eigenvalue weighted by Gasteiger charge is -2.21. The van der Waals surface area contributed by atoms with Crippen molar-refractivity contribution in [3.63, 3.8) is 0 Å². The molecule has 7 nitrogen and oxygen atoms in total. The van der Waals surface area contributed by atoms with Crippen molar-refractivity contribution in [1.82, 2.24) is 15.0 Å². The van der Waals surface area contributed by atoms with Crippen molar-refractivity contribution in [2.45, 2.75) is 20.3 Å². The molecule has 0 saturated carbocycles. The predicted octanol–water partition coefficient (Wildman–Crippen LogP) is 3.07. The summed E-state index contributed by atoms with van der Waals surface area (Å²) in [4.78, 5) is 15.9. The number of nitrogens with zero attached hydrogens (tertiary/aromatic N) is 4. The Morgan fingerprint density at radius 3 is 2.89 bits per heavy atom. The van der Waals surface area contributed by atoms with Crippen LogP contribution in [0.25, 0.3) is 22.2 Å². The second kappa shape index (κ2) is 7.24.